The lowest BCUT2D eigenvalue weighted by Gasteiger charge is -2.35. The standard InChI is InChI=1S/C29H33N7O3/c1-4-29(37)33-22-13-23(26(38-3)14-25(22)35-17-20-12-21(35)16-34(20)2)32-27-15-28(31-18-30-27)36-24(10-11-39-36)19-8-6-5-7-9-19/h4-9,13-15,18,20-21,24H,1,10-12,16-17H2,2-3H3,(H,33,37)(H,30,31,32)/t20?,21?,24-/m1/s1. The maximum atomic E-state index is 12.4. The molecule has 0 spiro atoms. The third kappa shape index (κ3) is 4.88. The van der Waals surface area contributed by atoms with Crippen LogP contribution in [0.25, 0.3) is 0 Å². The number of ether oxygens (including phenoxy) is 1. The first-order valence-electron chi connectivity index (χ1n) is 13.2. The number of piperazine rings is 1. The van der Waals surface area contributed by atoms with E-state index in [4.69, 9.17) is 9.57 Å². The summed E-state index contributed by atoms with van der Waals surface area (Å²) in [7, 11) is 3.81. The predicted octanol–water partition coefficient (Wildman–Crippen LogP) is 4.13. The van der Waals surface area contributed by atoms with E-state index in [-0.39, 0.29) is 11.9 Å². The number of hydrogen-bond donors (Lipinski definition) is 2. The summed E-state index contributed by atoms with van der Waals surface area (Å²) in [5.41, 5.74) is 3.48. The third-order valence-electron chi connectivity index (χ3n) is 7.82. The molecule has 2 aromatic carbocycles. The molecule has 2 N–H and O–H groups in total. The molecule has 1 aromatic heterocycles. The van der Waals surface area contributed by atoms with Crippen LogP contribution in [0.4, 0.5) is 28.7 Å². The van der Waals surface area contributed by atoms with Gasteiger partial charge in [-0.1, -0.05) is 36.9 Å². The summed E-state index contributed by atoms with van der Waals surface area (Å²) >= 11 is 0. The highest BCUT2D eigenvalue weighted by atomic mass is 16.7. The molecular weight excluding hydrogens is 494 g/mol. The Balaban J connectivity index is 1.30. The fourth-order valence-electron chi connectivity index (χ4n) is 5.86. The van der Waals surface area contributed by atoms with Crippen LogP contribution in [-0.2, 0) is 9.63 Å². The zero-order valence-corrected chi connectivity index (χ0v) is 22.2. The van der Waals surface area contributed by atoms with E-state index < -0.39 is 0 Å². The molecule has 0 radical (unpaired) electrons. The van der Waals surface area contributed by atoms with E-state index in [2.05, 4.69) is 56.2 Å². The van der Waals surface area contributed by atoms with Crippen LogP contribution in [-0.4, -0.2) is 66.7 Å². The third-order valence-corrected chi connectivity index (χ3v) is 7.82. The Morgan fingerprint density at radius 3 is 2.69 bits per heavy atom. The lowest BCUT2D eigenvalue weighted by molar-refractivity contribution is -0.111. The van der Waals surface area contributed by atoms with Crippen LogP contribution in [0.1, 0.15) is 24.4 Å². The highest BCUT2D eigenvalue weighted by Crippen LogP contribution is 2.43. The van der Waals surface area contributed by atoms with Gasteiger partial charge in [0, 0.05) is 43.7 Å². The lowest BCUT2D eigenvalue weighted by atomic mass is 10.0. The van der Waals surface area contributed by atoms with E-state index >= 15 is 0 Å². The van der Waals surface area contributed by atoms with Gasteiger partial charge in [0.15, 0.2) is 5.82 Å². The Morgan fingerprint density at radius 2 is 1.97 bits per heavy atom. The van der Waals surface area contributed by atoms with Crippen LogP contribution < -0.4 is 25.3 Å². The number of anilines is 5. The number of likely N-dealkylation sites (tertiary alicyclic amines) is 1. The molecule has 1 amide bonds. The quantitative estimate of drug-likeness (QED) is 0.419. The number of fused-ring (bicyclic) bond motifs is 2. The number of likely N-dealkylation sites (N-methyl/N-ethyl adjacent to an activating group) is 1. The lowest BCUT2D eigenvalue weighted by Crippen LogP contribution is -2.44. The number of carbonyl (C=O) groups is 1. The fourth-order valence-corrected chi connectivity index (χ4v) is 5.86. The largest absolute Gasteiger partial charge is 0.494 e. The first-order chi connectivity index (χ1) is 19.0. The normalized spacial score (nSPS) is 22.3. The molecule has 2 bridgehead atoms. The topological polar surface area (TPSA) is 95.1 Å². The Kier molecular flexibility index (Phi) is 6.80. The van der Waals surface area contributed by atoms with Gasteiger partial charge in [0.25, 0.3) is 0 Å². The van der Waals surface area contributed by atoms with Gasteiger partial charge in [-0.25, -0.2) is 15.0 Å². The maximum Gasteiger partial charge on any atom is 0.247 e. The molecule has 3 aliphatic rings. The van der Waals surface area contributed by atoms with E-state index in [0.29, 0.717) is 47.5 Å². The SMILES string of the molecule is C=CC(=O)Nc1cc(Nc2cc(N3OCC[C@@H]3c3ccccc3)ncn2)c(OC)cc1N1CC2CC1CN2C. The molecule has 3 saturated heterocycles. The van der Waals surface area contributed by atoms with E-state index in [9.17, 15) is 4.79 Å². The Bertz CT molecular complexity index is 1370. The van der Waals surface area contributed by atoms with Crippen molar-refractivity contribution >= 4 is 34.6 Å². The number of hydrogen-bond acceptors (Lipinski definition) is 9. The van der Waals surface area contributed by atoms with E-state index in [0.717, 1.165) is 31.6 Å². The van der Waals surface area contributed by atoms with Crippen molar-refractivity contribution in [1.82, 2.24) is 14.9 Å². The Hall–Kier alpha value is -4.15. The van der Waals surface area contributed by atoms with E-state index in [1.807, 2.05) is 41.5 Å². The molecule has 6 rings (SSSR count). The molecule has 3 atom stereocenters. The summed E-state index contributed by atoms with van der Waals surface area (Å²) in [5, 5.41) is 8.21. The number of methoxy groups -OCH3 is 1. The van der Waals surface area contributed by atoms with Crippen molar-refractivity contribution in [2.75, 3.05) is 54.5 Å². The van der Waals surface area contributed by atoms with Crippen LogP contribution >= 0.6 is 0 Å². The monoisotopic (exact) mass is 527 g/mol. The second-order valence-corrected chi connectivity index (χ2v) is 10.2. The van der Waals surface area contributed by atoms with Crippen molar-refractivity contribution in [3.8, 4) is 5.75 Å². The average Bonchev–Trinajstić information content (AvgIpc) is 3.70. The number of hydroxylamine groups is 1. The number of aromatic nitrogens is 2. The molecule has 3 aromatic rings. The van der Waals surface area contributed by atoms with Gasteiger partial charge in [0.1, 0.15) is 17.9 Å². The minimum absolute atomic E-state index is 0.0679. The van der Waals surface area contributed by atoms with Gasteiger partial charge in [0.05, 0.1) is 36.8 Å². The molecule has 39 heavy (non-hydrogen) atoms. The molecule has 3 aliphatic heterocycles. The molecule has 4 heterocycles. The molecule has 0 saturated carbocycles. The number of amides is 1. The second-order valence-electron chi connectivity index (χ2n) is 10.2. The van der Waals surface area contributed by atoms with Gasteiger partial charge >= 0.3 is 0 Å². The average molecular weight is 528 g/mol. The molecular formula is C29H33N7O3. The molecule has 10 heteroatoms. The van der Waals surface area contributed by atoms with Crippen LogP contribution in [0.15, 0.2) is 67.5 Å². The number of benzene rings is 2. The summed E-state index contributed by atoms with van der Waals surface area (Å²) < 4.78 is 5.80. The van der Waals surface area contributed by atoms with Crippen LogP contribution in [0.2, 0.25) is 0 Å². The summed E-state index contributed by atoms with van der Waals surface area (Å²) in [4.78, 5) is 32.0. The molecule has 3 fully saturated rings. The van der Waals surface area contributed by atoms with Crippen molar-refractivity contribution in [2.45, 2.75) is 31.0 Å². The smallest absolute Gasteiger partial charge is 0.247 e. The van der Waals surface area contributed by atoms with Crippen LogP contribution in [0.3, 0.4) is 0 Å². The fraction of sp³-hybridized carbons (Fsp3) is 0.345. The van der Waals surface area contributed by atoms with Gasteiger partial charge in [-0.2, -0.15) is 0 Å². The number of nitrogens with one attached hydrogen (secondary N) is 2. The van der Waals surface area contributed by atoms with E-state index in [1.54, 1.807) is 7.11 Å². The predicted molar refractivity (Wildman–Crippen MR) is 152 cm³/mol. The highest BCUT2D eigenvalue weighted by Gasteiger charge is 2.42. The van der Waals surface area contributed by atoms with Crippen LogP contribution in [0, 0.1) is 0 Å². The van der Waals surface area contributed by atoms with Gasteiger partial charge in [-0.15, -0.1) is 0 Å². The summed E-state index contributed by atoms with van der Waals surface area (Å²) in [6, 6.07) is 17.0. The summed E-state index contributed by atoms with van der Waals surface area (Å²) in [5.74, 6) is 1.62. The molecule has 202 valence electrons. The van der Waals surface area contributed by atoms with Gasteiger partial charge in [-0.05, 0) is 31.2 Å². The second kappa shape index (κ2) is 10.5. The minimum atomic E-state index is -0.267. The summed E-state index contributed by atoms with van der Waals surface area (Å²) in [6.45, 7) is 6.14. The number of rotatable bonds is 8. The zero-order valence-electron chi connectivity index (χ0n) is 22.2. The first-order valence-corrected chi connectivity index (χ1v) is 13.2. The number of carbonyl (C=O) groups excluding carboxylic acids is 1. The summed E-state index contributed by atoms with van der Waals surface area (Å²) in [6.07, 6.45) is 4.77. The van der Waals surface area contributed by atoms with Gasteiger partial charge in [0.2, 0.25) is 5.91 Å². The van der Waals surface area contributed by atoms with Crippen LogP contribution in [0.5, 0.6) is 5.75 Å². The maximum absolute atomic E-state index is 12.4. The van der Waals surface area contributed by atoms with Crippen molar-refractivity contribution < 1.29 is 14.4 Å². The molecule has 2 unspecified atom stereocenters. The van der Waals surface area contributed by atoms with Crippen molar-refractivity contribution in [2.24, 2.45) is 0 Å². The first kappa shape index (κ1) is 25.1. The van der Waals surface area contributed by atoms with Gasteiger partial charge in [-0.3, -0.25) is 14.5 Å². The minimum Gasteiger partial charge on any atom is -0.494 e. The Morgan fingerprint density at radius 1 is 1.13 bits per heavy atom. The Labute approximate surface area is 228 Å². The van der Waals surface area contributed by atoms with Crippen molar-refractivity contribution in [3.05, 3.63) is 73.1 Å². The van der Waals surface area contributed by atoms with Crippen molar-refractivity contribution in [3.63, 3.8) is 0 Å². The van der Waals surface area contributed by atoms with Crippen molar-refractivity contribution in [1.29, 1.82) is 0 Å². The van der Waals surface area contributed by atoms with Gasteiger partial charge < -0.3 is 20.3 Å². The van der Waals surface area contributed by atoms with E-state index in [1.165, 1.54) is 18.0 Å². The molecule has 10 nitrogen and oxygen atoms in total. The highest BCUT2D eigenvalue weighted by molar-refractivity contribution is 6.02. The molecule has 0 aliphatic carbocycles. The zero-order chi connectivity index (χ0) is 26.9. The number of nitrogens with zero attached hydrogens (tertiary/aromatic N) is 5.